The van der Waals surface area contributed by atoms with Gasteiger partial charge < -0.3 is 10.4 Å². The molecule has 21 heavy (non-hydrogen) atoms. The van der Waals surface area contributed by atoms with Crippen LogP contribution >= 0.6 is 0 Å². The number of carbonyl (C=O) groups excluding carboxylic acids is 1. The minimum atomic E-state index is -3.68. The minimum absolute atomic E-state index is 0.0191. The molecule has 0 aromatic heterocycles. The highest BCUT2D eigenvalue weighted by molar-refractivity contribution is 7.89. The van der Waals surface area contributed by atoms with Crippen LogP contribution in [0.4, 0.5) is 5.69 Å². The van der Waals surface area contributed by atoms with Crippen molar-refractivity contribution in [2.45, 2.75) is 37.7 Å². The summed E-state index contributed by atoms with van der Waals surface area (Å²) in [7, 11) is -3.68. The van der Waals surface area contributed by atoms with Crippen LogP contribution in [-0.2, 0) is 21.2 Å². The average Bonchev–Trinajstić information content (AvgIpc) is 2.74. The van der Waals surface area contributed by atoms with Gasteiger partial charge in [0, 0.05) is 12.2 Å². The fraction of sp³-hybridized carbons (Fsp3) is 0.500. The number of hydrogen-bond donors (Lipinski definition) is 3. The number of anilines is 1. The van der Waals surface area contributed by atoms with Crippen LogP contribution < -0.4 is 10.0 Å². The third kappa shape index (κ3) is 4.03. The maximum absolute atomic E-state index is 12.2. The molecular formula is C14H20N2O4S. The Labute approximate surface area is 124 Å². The second-order valence-corrected chi connectivity index (χ2v) is 7.45. The fourth-order valence-corrected chi connectivity index (χ4v) is 3.41. The fourth-order valence-electron chi connectivity index (χ4n) is 2.29. The maximum atomic E-state index is 12.2. The van der Waals surface area contributed by atoms with E-state index in [0.717, 1.165) is 0 Å². The van der Waals surface area contributed by atoms with Crippen LogP contribution in [0.1, 0.15) is 25.8 Å². The zero-order chi connectivity index (χ0) is 15.6. The molecule has 1 aromatic carbocycles. The van der Waals surface area contributed by atoms with Crippen molar-refractivity contribution in [1.82, 2.24) is 4.72 Å². The number of fused-ring (bicyclic) bond motifs is 1. The number of amides is 1. The van der Waals surface area contributed by atoms with Crippen molar-refractivity contribution in [2.24, 2.45) is 5.92 Å². The van der Waals surface area contributed by atoms with E-state index in [1.165, 1.54) is 12.1 Å². The highest BCUT2D eigenvalue weighted by atomic mass is 32.2. The topological polar surface area (TPSA) is 95.5 Å². The molecule has 0 spiro atoms. The molecule has 3 N–H and O–H groups in total. The summed E-state index contributed by atoms with van der Waals surface area (Å²) in [6.07, 6.45) is 0.0113. The van der Waals surface area contributed by atoms with Crippen LogP contribution in [0.3, 0.4) is 0 Å². The lowest BCUT2D eigenvalue weighted by molar-refractivity contribution is -0.115. The number of nitrogens with one attached hydrogen (secondary N) is 2. The summed E-state index contributed by atoms with van der Waals surface area (Å²) in [6, 6.07) is 4.52. The second kappa shape index (κ2) is 6.13. The molecule has 0 bridgehead atoms. The third-order valence-electron chi connectivity index (χ3n) is 3.26. The second-order valence-electron chi connectivity index (χ2n) is 5.68. The van der Waals surface area contributed by atoms with Gasteiger partial charge >= 0.3 is 0 Å². The van der Waals surface area contributed by atoms with Crippen LogP contribution in [-0.4, -0.2) is 32.1 Å². The number of aliphatic hydroxyl groups is 1. The number of rotatable bonds is 6. The monoisotopic (exact) mass is 312 g/mol. The predicted octanol–water partition coefficient (Wildman–Crippen LogP) is 0.866. The quantitative estimate of drug-likeness (QED) is 0.726. The smallest absolute Gasteiger partial charge is 0.240 e. The maximum Gasteiger partial charge on any atom is 0.240 e. The van der Waals surface area contributed by atoms with Crippen molar-refractivity contribution in [3.63, 3.8) is 0 Å². The third-order valence-corrected chi connectivity index (χ3v) is 4.69. The number of hydrogen-bond acceptors (Lipinski definition) is 4. The summed E-state index contributed by atoms with van der Waals surface area (Å²) in [6.45, 7) is 3.90. The summed E-state index contributed by atoms with van der Waals surface area (Å²) < 4.78 is 26.8. The Morgan fingerprint density at radius 3 is 2.76 bits per heavy atom. The first kappa shape index (κ1) is 15.9. The van der Waals surface area contributed by atoms with E-state index in [9.17, 15) is 18.3 Å². The van der Waals surface area contributed by atoms with Crippen LogP contribution in [0.5, 0.6) is 0 Å². The molecule has 6 nitrogen and oxygen atoms in total. The molecule has 1 heterocycles. The number of benzene rings is 1. The van der Waals surface area contributed by atoms with E-state index in [0.29, 0.717) is 23.6 Å². The molecule has 1 aliphatic rings. The standard InChI is InChI=1S/C14H20N2O4S/c1-9(2)5-11(17)8-15-21(19,20)12-3-4-13-10(6-12)7-14(18)16-13/h3-4,6,9,11,15,17H,5,7-8H2,1-2H3,(H,16,18). The molecular weight excluding hydrogens is 292 g/mol. The minimum Gasteiger partial charge on any atom is -0.392 e. The molecule has 1 aromatic rings. The SMILES string of the molecule is CC(C)CC(O)CNS(=O)(=O)c1ccc2c(c1)CC(=O)N2. The van der Waals surface area contributed by atoms with E-state index >= 15 is 0 Å². The summed E-state index contributed by atoms with van der Waals surface area (Å²) >= 11 is 0. The van der Waals surface area contributed by atoms with Crippen LogP contribution in [0.25, 0.3) is 0 Å². The van der Waals surface area contributed by atoms with Gasteiger partial charge in [-0.3, -0.25) is 4.79 Å². The van der Waals surface area contributed by atoms with Gasteiger partial charge in [0.15, 0.2) is 0 Å². The summed E-state index contributed by atoms with van der Waals surface area (Å²) in [5.41, 5.74) is 1.32. The number of sulfonamides is 1. The molecule has 0 radical (unpaired) electrons. The van der Waals surface area contributed by atoms with Crippen molar-refractivity contribution >= 4 is 21.6 Å². The van der Waals surface area contributed by atoms with Gasteiger partial charge in [-0.2, -0.15) is 0 Å². The van der Waals surface area contributed by atoms with E-state index in [4.69, 9.17) is 0 Å². The Morgan fingerprint density at radius 1 is 1.38 bits per heavy atom. The highest BCUT2D eigenvalue weighted by Gasteiger charge is 2.22. The van der Waals surface area contributed by atoms with Gasteiger partial charge in [0.1, 0.15) is 0 Å². The molecule has 0 aliphatic carbocycles. The van der Waals surface area contributed by atoms with Gasteiger partial charge in [0.05, 0.1) is 17.4 Å². The molecule has 0 fully saturated rings. The molecule has 1 unspecified atom stereocenters. The lowest BCUT2D eigenvalue weighted by Crippen LogP contribution is -2.32. The molecule has 1 aliphatic heterocycles. The van der Waals surface area contributed by atoms with Crippen molar-refractivity contribution in [2.75, 3.05) is 11.9 Å². The van der Waals surface area contributed by atoms with Crippen LogP contribution in [0.15, 0.2) is 23.1 Å². The van der Waals surface area contributed by atoms with E-state index in [2.05, 4.69) is 10.0 Å². The lowest BCUT2D eigenvalue weighted by Gasteiger charge is -2.14. The largest absolute Gasteiger partial charge is 0.392 e. The van der Waals surface area contributed by atoms with Crippen molar-refractivity contribution in [3.8, 4) is 0 Å². The summed E-state index contributed by atoms with van der Waals surface area (Å²) in [5.74, 6) is 0.154. The van der Waals surface area contributed by atoms with Crippen LogP contribution in [0, 0.1) is 5.92 Å². The van der Waals surface area contributed by atoms with Gasteiger partial charge in [-0.05, 0) is 36.1 Å². The number of carbonyl (C=O) groups is 1. The average molecular weight is 312 g/mol. The molecule has 1 atom stereocenters. The van der Waals surface area contributed by atoms with E-state index in [1.54, 1.807) is 6.07 Å². The van der Waals surface area contributed by atoms with Crippen molar-refractivity contribution < 1.29 is 18.3 Å². The van der Waals surface area contributed by atoms with E-state index in [1.807, 2.05) is 13.8 Å². The van der Waals surface area contributed by atoms with E-state index in [-0.39, 0.29) is 23.8 Å². The first-order valence-electron chi connectivity index (χ1n) is 6.88. The molecule has 0 saturated heterocycles. The van der Waals surface area contributed by atoms with Gasteiger partial charge in [-0.15, -0.1) is 0 Å². The highest BCUT2D eigenvalue weighted by Crippen LogP contribution is 2.25. The molecule has 0 saturated carbocycles. The van der Waals surface area contributed by atoms with Crippen LogP contribution in [0.2, 0.25) is 0 Å². The Balaban J connectivity index is 2.07. The Kier molecular flexibility index (Phi) is 4.65. The summed E-state index contributed by atoms with van der Waals surface area (Å²) in [5, 5.41) is 12.4. The van der Waals surface area contributed by atoms with E-state index < -0.39 is 16.1 Å². The zero-order valence-electron chi connectivity index (χ0n) is 12.1. The van der Waals surface area contributed by atoms with Gasteiger partial charge in [-0.1, -0.05) is 13.8 Å². The van der Waals surface area contributed by atoms with Gasteiger partial charge in [0.2, 0.25) is 15.9 Å². The Morgan fingerprint density at radius 2 is 2.10 bits per heavy atom. The molecule has 2 rings (SSSR count). The molecule has 7 heteroatoms. The van der Waals surface area contributed by atoms with Crippen molar-refractivity contribution in [3.05, 3.63) is 23.8 Å². The molecule has 116 valence electrons. The first-order chi connectivity index (χ1) is 9.78. The number of aliphatic hydroxyl groups excluding tert-OH is 1. The van der Waals surface area contributed by atoms with Gasteiger partial charge in [0.25, 0.3) is 0 Å². The molecule has 1 amide bonds. The van der Waals surface area contributed by atoms with Gasteiger partial charge in [-0.25, -0.2) is 13.1 Å². The Bertz CT molecular complexity index is 640. The predicted molar refractivity (Wildman–Crippen MR) is 79.4 cm³/mol. The zero-order valence-corrected chi connectivity index (χ0v) is 12.9. The first-order valence-corrected chi connectivity index (χ1v) is 8.37. The lowest BCUT2D eigenvalue weighted by atomic mass is 10.1. The summed E-state index contributed by atoms with van der Waals surface area (Å²) in [4.78, 5) is 11.4. The Hall–Kier alpha value is -1.44. The van der Waals surface area contributed by atoms with Crippen molar-refractivity contribution in [1.29, 1.82) is 0 Å². The normalized spacial score (nSPS) is 15.9.